The van der Waals surface area contributed by atoms with Gasteiger partial charge in [-0.05, 0) is 25.1 Å². The summed E-state index contributed by atoms with van der Waals surface area (Å²) >= 11 is 5.81. The Morgan fingerprint density at radius 3 is 2.93 bits per heavy atom. The maximum Gasteiger partial charge on any atom is 0.339 e. The fraction of sp³-hybridized carbons (Fsp3) is 0.222. The molecule has 0 spiro atoms. The second kappa shape index (κ2) is 4.83. The Morgan fingerprint density at radius 1 is 1.64 bits per heavy atom. The molecule has 0 bridgehead atoms. The van der Waals surface area contributed by atoms with E-state index in [4.69, 9.17) is 22.2 Å². The number of hydrogen-bond donors (Lipinski definition) is 2. The van der Waals surface area contributed by atoms with Gasteiger partial charge in [0.05, 0.1) is 17.2 Å². The third-order valence-corrected chi connectivity index (χ3v) is 1.96. The molecule has 0 saturated carbocycles. The van der Waals surface area contributed by atoms with Gasteiger partial charge in [-0.25, -0.2) is 4.79 Å². The van der Waals surface area contributed by atoms with Crippen molar-refractivity contribution in [1.82, 2.24) is 0 Å². The molecule has 3 N–H and O–H groups in total. The quantitative estimate of drug-likeness (QED) is 0.458. The smallest absolute Gasteiger partial charge is 0.339 e. The average Bonchev–Trinajstić information content (AvgIpc) is 2.19. The Morgan fingerprint density at radius 2 is 2.36 bits per heavy atom. The maximum atomic E-state index is 11.4. The van der Waals surface area contributed by atoms with Gasteiger partial charge in [0.2, 0.25) is 0 Å². The molecule has 0 saturated heterocycles. The number of ether oxygens (including phenoxy) is 1. The summed E-state index contributed by atoms with van der Waals surface area (Å²) < 4.78 is 4.82. The van der Waals surface area contributed by atoms with E-state index in [1.165, 1.54) is 0 Å². The number of hydrazine groups is 1. The fourth-order valence-electron chi connectivity index (χ4n) is 0.980. The summed E-state index contributed by atoms with van der Waals surface area (Å²) in [4.78, 5) is 11.4. The van der Waals surface area contributed by atoms with Crippen LogP contribution in [0.1, 0.15) is 17.3 Å². The molecule has 76 valence electrons. The van der Waals surface area contributed by atoms with Gasteiger partial charge in [0.25, 0.3) is 0 Å². The van der Waals surface area contributed by atoms with E-state index in [-0.39, 0.29) is 0 Å². The number of esters is 1. The van der Waals surface area contributed by atoms with Crippen LogP contribution < -0.4 is 11.3 Å². The average molecular weight is 215 g/mol. The summed E-state index contributed by atoms with van der Waals surface area (Å²) in [6.07, 6.45) is 0. The number of rotatable bonds is 3. The Bertz CT molecular complexity index is 342. The normalized spacial score (nSPS) is 9.64. The van der Waals surface area contributed by atoms with Crippen molar-refractivity contribution in [3.8, 4) is 0 Å². The SMILES string of the molecule is CCOC(=O)c1cc(NN)ccc1Cl. The van der Waals surface area contributed by atoms with Crippen molar-refractivity contribution in [2.24, 2.45) is 5.84 Å². The van der Waals surface area contributed by atoms with Crippen molar-refractivity contribution in [2.45, 2.75) is 6.92 Å². The zero-order valence-electron chi connectivity index (χ0n) is 7.71. The van der Waals surface area contributed by atoms with Crippen LogP contribution in [-0.2, 0) is 4.74 Å². The molecule has 1 rings (SSSR count). The highest BCUT2D eigenvalue weighted by atomic mass is 35.5. The van der Waals surface area contributed by atoms with E-state index in [0.29, 0.717) is 22.9 Å². The fourth-order valence-corrected chi connectivity index (χ4v) is 1.18. The van der Waals surface area contributed by atoms with Gasteiger partial charge >= 0.3 is 5.97 Å². The number of carbonyl (C=O) groups is 1. The van der Waals surface area contributed by atoms with E-state index < -0.39 is 5.97 Å². The Labute approximate surface area is 87.0 Å². The third-order valence-electron chi connectivity index (χ3n) is 1.63. The molecule has 1 aromatic carbocycles. The number of nitrogens with two attached hydrogens (primary N) is 1. The molecular weight excluding hydrogens is 204 g/mol. The molecule has 0 unspecified atom stereocenters. The van der Waals surface area contributed by atoms with Gasteiger partial charge in [0, 0.05) is 5.69 Å². The minimum absolute atomic E-state index is 0.309. The Balaban J connectivity index is 2.99. The molecule has 0 fully saturated rings. The first-order valence-corrected chi connectivity index (χ1v) is 4.50. The van der Waals surface area contributed by atoms with Gasteiger partial charge in [-0.15, -0.1) is 0 Å². The monoisotopic (exact) mass is 214 g/mol. The van der Waals surface area contributed by atoms with Crippen LogP contribution in [0.2, 0.25) is 5.02 Å². The van der Waals surface area contributed by atoms with Crippen molar-refractivity contribution in [3.05, 3.63) is 28.8 Å². The highest BCUT2D eigenvalue weighted by Gasteiger charge is 2.11. The molecule has 14 heavy (non-hydrogen) atoms. The summed E-state index contributed by atoms with van der Waals surface area (Å²) in [6, 6.07) is 4.80. The number of nitrogens with one attached hydrogen (secondary N) is 1. The van der Waals surface area contributed by atoms with Crippen LogP contribution >= 0.6 is 11.6 Å². The van der Waals surface area contributed by atoms with Crippen LogP contribution in [0.25, 0.3) is 0 Å². The molecule has 0 aliphatic carbocycles. The number of nitrogen functional groups attached to an aromatic ring is 1. The number of benzene rings is 1. The zero-order chi connectivity index (χ0) is 10.6. The van der Waals surface area contributed by atoms with E-state index in [2.05, 4.69) is 5.43 Å². The molecule has 0 aliphatic rings. The predicted molar refractivity (Wildman–Crippen MR) is 55.2 cm³/mol. The van der Waals surface area contributed by atoms with Crippen LogP contribution in [0.5, 0.6) is 0 Å². The van der Waals surface area contributed by atoms with Crippen molar-refractivity contribution >= 4 is 23.3 Å². The first kappa shape index (κ1) is 10.8. The molecule has 0 atom stereocenters. The van der Waals surface area contributed by atoms with Crippen LogP contribution in [0.3, 0.4) is 0 Å². The van der Waals surface area contributed by atoms with E-state index in [1.54, 1.807) is 25.1 Å². The lowest BCUT2D eigenvalue weighted by molar-refractivity contribution is 0.0526. The number of anilines is 1. The summed E-state index contributed by atoms with van der Waals surface area (Å²) in [7, 11) is 0. The molecular formula is C9H11ClN2O2. The molecule has 4 nitrogen and oxygen atoms in total. The number of hydrogen-bond acceptors (Lipinski definition) is 4. The Kier molecular flexibility index (Phi) is 3.73. The van der Waals surface area contributed by atoms with Gasteiger partial charge in [0.15, 0.2) is 0 Å². The van der Waals surface area contributed by atoms with E-state index in [1.807, 2.05) is 0 Å². The first-order chi connectivity index (χ1) is 6.69. The lowest BCUT2D eigenvalue weighted by Crippen LogP contribution is -2.10. The summed E-state index contributed by atoms with van der Waals surface area (Å²) in [5.41, 5.74) is 3.34. The Hall–Kier alpha value is -1.26. The zero-order valence-corrected chi connectivity index (χ0v) is 8.47. The number of halogens is 1. The van der Waals surface area contributed by atoms with Crippen LogP contribution in [0.4, 0.5) is 5.69 Å². The number of carbonyl (C=O) groups excluding carboxylic acids is 1. The molecule has 0 heterocycles. The lowest BCUT2D eigenvalue weighted by atomic mass is 10.2. The van der Waals surface area contributed by atoms with Crippen LogP contribution in [0, 0.1) is 0 Å². The molecule has 1 aromatic rings. The minimum Gasteiger partial charge on any atom is -0.462 e. The largest absolute Gasteiger partial charge is 0.462 e. The van der Waals surface area contributed by atoms with Gasteiger partial charge in [-0.2, -0.15) is 0 Å². The summed E-state index contributed by atoms with van der Waals surface area (Å²) in [6.45, 7) is 2.05. The van der Waals surface area contributed by atoms with Gasteiger partial charge in [-0.3, -0.25) is 5.84 Å². The van der Waals surface area contributed by atoms with E-state index in [0.717, 1.165) is 0 Å². The van der Waals surface area contributed by atoms with Crippen molar-refractivity contribution in [3.63, 3.8) is 0 Å². The maximum absolute atomic E-state index is 11.4. The third kappa shape index (κ3) is 2.37. The van der Waals surface area contributed by atoms with Gasteiger partial charge in [0.1, 0.15) is 0 Å². The highest BCUT2D eigenvalue weighted by Crippen LogP contribution is 2.20. The second-order valence-electron chi connectivity index (χ2n) is 2.56. The summed E-state index contributed by atoms with van der Waals surface area (Å²) in [5.74, 6) is 4.75. The summed E-state index contributed by atoms with van der Waals surface area (Å²) in [5, 5.41) is 0.349. The minimum atomic E-state index is -0.449. The highest BCUT2D eigenvalue weighted by molar-refractivity contribution is 6.33. The standard InChI is InChI=1S/C9H11ClN2O2/c1-2-14-9(13)7-5-6(12-11)3-4-8(7)10/h3-5,12H,2,11H2,1H3. The van der Waals surface area contributed by atoms with Crippen molar-refractivity contribution in [1.29, 1.82) is 0 Å². The van der Waals surface area contributed by atoms with E-state index in [9.17, 15) is 4.79 Å². The van der Waals surface area contributed by atoms with Crippen molar-refractivity contribution in [2.75, 3.05) is 12.0 Å². The van der Waals surface area contributed by atoms with Crippen LogP contribution in [0.15, 0.2) is 18.2 Å². The van der Waals surface area contributed by atoms with Crippen LogP contribution in [-0.4, -0.2) is 12.6 Å². The molecule has 0 radical (unpaired) electrons. The molecule has 0 aliphatic heterocycles. The van der Waals surface area contributed by atoms with Gasteiger partial charge in [-0.1, -0.05) is 11.6 Å². The van der Waals surface area contributed by atoms with Crippen molar-refractivity contribution < 1.29 is 9.53 Å². The molecule has 0 aromatic heterocycles. The van der Waals surface area contributed by atoms with E-state index >= 15 is 0 Å². The molecule has 5 heteroatoms. The first-order valence-electron chi connectivity index (χ1n) is 4.12. The second-order valence-corrected chi connectivity index (χ2v) is 2.97. The topological polar surface area (TPSA) is 64.3 Å². The lowest BCUT2D eigenvalue weighted by Gasteiger charge is -2.06. The molecule has 0 amide bonds. The van der Waals surface area contributed by atoms with Gasteiger partial charge < -0.3 is 10.2 Å². The predicted octanol–water partition coefficient (Wildman–Crippen LogP) is 1.80.